The fourth-order valence-electron chi connectivity index (χ4n) is 3.78. The summed E-state index contributed by atoms with van der Waals surface area (Å²) in [6.45, 7) is 0.803. The Morgan fingerprint density at radius 3 is 2.52 bits per heavy atom. The molecule has 4 rings (SSSR count). The SMILES string of the molecule is OCC1OC(c2ccc(Cl)c(Cc3ccc(OCCOC4CC4)cc3)c2)CC(O)[C@@H]1O. The molecule has 1 saturated carbocycles. The lowest BCUT2D eigenvalue weighted by atomic mass is 9.92. The van der Waals surface area contributed by atoms with Crippen LogP contribution in [0.25, 0.3) is 0 Å². The number of hydrogen-bond donors (Lipinski definition) is 3. The van der Waals surface area contributed by atoms with Crippen molar-refractivity contribution in [2.75, 3.05) is 19.8 Å². The lowest BCUT2D eigenvalue weighted by Crippen LogP contribution is -2.47. The third-order valence-electron chi connectivity index (χ3n) is 5.74. The minimum Gasteiger partial charge on any atom is -0.491 e. The number of benzene rings is 2. The fourth-order valence-corrected chi connectivity index (χ4v) is 3.97. The lowest BCUT2D eigenvalue weighted by Gasteiger charge is -2.36. The molecule has 3 unspecified atom stereocenters. The summed E-state index contributed by atoms with van der Waals surface area (Å²) in [4.78, 5) is 0. The van der Waals surface area contributed by atoms with Crippen LogP contribution in [0.1, 0.15) is 42.1 Å². The summed E-state index contributed by atoms with van der Waals surface area (Å²) in [6.07, 6.45) is 0.398. The molecule has 0 amide bonds. The Morgan fingerprint density at radius 2 is 1.81 bits per heavy atom. The van der Waals surface area contributed by atoms with Crippen molar-refractivity contribution in [3.63, 3.8) is 0 Å². The molecule has 2 fully saturated rings. The van der Waals surface area contributed by atoms with Gasteiger partial charge in [-0.05, 0) is 54.2 Å². The molecule has 1 aliphatic carbocycles. The van der Waals surface area contributed by atoms with Crippen LogP contribution in [-0.2, 0) is 15.9 Å². The minimum atomic E-state index is -1.09. The maximum absolute atomic E-state index is 10.1. The molecule has 7 heteroatoms. The Hall–Kier alpha value is -1.67. The standard InChI is InChI=1S/C24H29ClO6/c25-20-8-3-16(22-13-21(27)24(28)23(14-26)31-22)12-17(20)11-15-1-4-18(5-2-15)29-9-10-30-19-6-7-19/h1-5,8,12,19,21-24,26-28H,6-7,9-11,13-14H2/t21?,22?,23?,24-/m0/s1. The quantitative estimate of drug-likeness (QED) is 0.511. The summed E-state index contributed by atoms with van der Waals surface area (Å²) in [6, 6.07) is 13.5. The van der Waals surface area contributed by atoms with Crippen LogP contribution in [0, 0.1) is 0 Å². The zero-order valence-corrected chi connectivity index (χ0v) is 18.1. The Balaban J connectivity index is 1.38. The topological polar surface area (TPSA) is 88.4 Å². The molecule has 0 radical (unpaired) electrons. The summed E-state index contributed by atoms with van der Waals surface area (Å²) in [5.74, 6) is 0.807. The van der Waals surface area contributed by atoms with E-state index < -0.39 is 24.4 Å². The van der Waals surface area contributed by atoms with E-state index in [1.807, 2.05) is 42.5 Å². The van der Waals surface area contributed by atoms with Gasteiger partial charge in [0, 0.05) is 11.4 Å². The minimum absolute atomic E-state index is 0.259. The monoisotopic (exact) mass is 448 g/mol. The predicted molar refractivity (Wildman–Crippen MR) is 116 cm³/mol. The second-order valence-corrected chi connectivity index (χ2v) is 8.64. The molecule has 0 bridgehead atoms. The van der Waals surface area contributed by atoms with E-state index in [0.717, 1.165) is 35.3 Å². The van der Waals surface area contributed by atoms with Gasteiger partial charge in [0.05, 0.1) is 31.5 Å². The third-order valence-corrected chi connectivity index (χ3v) is 6.11. The van der Waals surface area contributed by atoms with Crippen molar-refractivity contribution in [3.05, 3.63) is 64.2 Å². The molecule has 1 aliphatic heterocycles. The van der Waals surface area contributed by atoms with Gasteiger partial charge < -0.3 is 29.5 Å². The molecule has 4 atom stereocenters. The third kappa shape index (κ3) is 5.98. The summed E-state index contributed by atoms with van der Waals surface area (Å²) >= 11 is 6.43. The average Bonchev–Trinajstić information content (AvgIpc) is 3.60. The van der Waals surface area contributed by atoms with Crippen molar-refractivity contribution >= 4 is 11.6 Å². The number of rotatable bonds is 9. The largest absolute Gasteiger partial charge is 0.491 e. The van der Waals surface area contributed by atoms with Gasteiger partial charge in [0.25, 0.3) is 0 Å². The molecule has 2 aliphatic rings. The van der Waals surface area contributed by atoms with Crippen LogP contribution in [-0.4, -0.2) is 59.6 Å². The van der Waals surface area contributed by atoms with E-state index in [1.54, 1.807) is 0 Å². The molecular formula is C24H29ClO6. The van der Waals surface area contributed by atoms with Crippen molar-refractivity contribution in [1.29, 1.82) is 0 Å². The van der Waals surface area contributed by atoms with Gasteiger partial charge >= 0.3 is 0 Å². The Labute approximate surface area is 187 Å². The first-order valence-electron chi connectivity index (χ1n) is 10.8. The highest BCUT2D eigenvalue weighted by atomic mass is 35.5. The van der Waals surface area contributed by atoms with Crippen molar-refractivity contribution in [1.82, 2.24) is 0 Å². The zero-order chi connectivity index (χ0) is 21.8. The molecule has 31 heavy (non-hydrogen) atoms. The smallest absolute Gasteiger partial charge is 0.119 e. The van der Waals surface area contributed by atoms with Gasteiger partial charge in [-0.15, -0.1) is 0 Å². The normalized spacial score (nSPS) is 26.1. The summed E-state index contributed by atoms with van der Waals surface area (Å²) < 4.78 is 17.1. The van der Waals surface area contributed by atoms with Crippen molar-refractivity contribution in [3.8, 4) is 5.75 Å². The molecule has 0 aromatic heterocycles. The van der Waals surface area contributed by atoms with E-state index in [-0.39, 0.29) is 13.0 Å². The lowest BCUT2D eigenvalue weighted by molar-refractivity contribution is -0.181. The van der Waals surface area contributed by atoms with Crippen LogP contribution in [0.3, 0.4) is 0 Å². The van der Waals surface area contributed by atoms with Gasteiger partial charge in [0.15, 0.2) is 0 Å². The number of halogens is 1. The molecule has 2 aromatic carbocycles. The van der Waals surface area contributed by atoms with Gasteiger partial charge in [-0.3, -0.25) is 0 Å². The highest BCUT2D eigenvalue weighted by molar-refractivity contribution is 6.31. The maximum atomic E-state index is 10.1. The van der Waals surface area contributed by atoms with E-state index in [2.05, 4.69) is 0 Å². The van der Waals surface area contributed by atoms with E-state index in [1.165, 1.54) is 0 Å². The van der Waals surface area contributed by atoms with Gasteiger partial charge in [-0.1, -0.05) is 35.9 Å². The summed E-state index contributed by atoms with van der Waals surface area (Å²) in [5, 5.41) is 30.1. The van der Waals surface area contributed by atoms with Crippen LogP contribution >= 0.6 is 11.6 Å². The highest BCUT2D eigenvalue weighted by Gasteiger charge is 2.37. The van der Waals surface area contributed by atoms with Crippen molar-refractivity contribution in [2.45, 2.75) is 56.2 Å². The second-order valence-electron chi connectivity index (χ2n) is 8.23. The van der Waals surface area contributed by atoms with E-state index in [0.29, 0.717) is 30.8 Å². The van der Waals surface area contributed by atoms with Crippen LogP contribution in [0.5, 0.6) is 5.75 Å². The first-order chi connectivity index (χ1) is 15.0. The van der Waals surface area contributed by atoms with Gasteiger partial charge in [-0.25, -0.2) is 0 Å². The molecule has 0 spiro atoms. The maximum Gasteiger partial charge on any atom is 0.119 e. The van der Waals surface area contributed by atoms with Crippen molar-refractivity contribution in [2.24, 2.45) is 0 Å². The van der Waals surface area contributed by atoms with Gasteiger partial charge in [0.1, 0.15) is 24.6 Å². The van der Waals surface area contributed by atoms with Crippen LogP contribution in [0.4, 0.5) is 0 Å². The number of aliphatic hydroxyl groups is 3. The van der Waals surface area contributed by atoms with Crippen LogP contribution < -0.4 is 4.74 Å². The molecule has 1 heterocycles. The Kier molecular flexibility index (Phi) is 7.48. The molecule has 2 aromatic rings. The number of aliphatic hydroxyl groups excluding tert-OH is 3. The van der Waals surface area contributed by atoms with Crippen molar-refractivity contribution < 1.29 is 29.5 Å². The van der Waals surface area contributed by atoms with E-state index in [9.17, 15) is 15.3 Å². The van der Waals surface area contributed by atoms with Gasteiger partial charge in [0.2, 0.25) is 0 Å². The molecule has 3 N–H and O–H groups in total. The summed E-state index contributed by atoms with van der Waals surface area (Å²) in [7, 11) is 0. The highest BCUT2D eigenvalue weighted by Crippen LogP contribution is 2.34. The fraction of sp³-hybridized carbons (Fsp3) is 0.500. The second kappa shape index (κ2) is 10.3. The van der Waals surface area contributed by atoms with Gasteiger partial charge in [-0.2, -0.15) is 0 Å². The number of hydrogen-bond acceptors (Lipinski definition) is 6. The average molecular weight is 449 g/mol. The zero-order valence-electron chi connectivity index (χ0n) is 17.3. The summed E-state index contributed by atoms with van der Waals surface area (Å²) in [5.41, 5.74) is 2.89. The molecular weight excluding hydrogens is 420 g/mol. The van der Waals surface area contributed by atoms with Crippen LogP contribution in [0.2, 0.25) is 5.02 Å². The number of ether oxygens (including phenoxy) is 3. The first kappa shape index (κ1) is 22.5. The van der Waals surface area contributed by atoms with E-state index >= 15 is 0 Å². The first-order valence-corrected chi connectivity index (χ1v) is 11.2. The Morgan fingerprint density at radius 1 is 1.03 bits per heavy atom. The molecule has 1 saturated heterocycles. The predicted octanol–water partition coefficient (Wildman–Crippen LogP) is 3.03. The van der Waals surface area contributed by atoms with Crippen LogP contribution in [0.15, 0.2) is 42.5 Å². The molecule has 168 valence electrons. The van der Waals surface area contributed by atoms with E-state index in [4.69, 9.17) is 25.8 Å². The Bertz CT molecular complexity index is 854. The molecule has 6 nitrogen and oxygen atoms in total.